The number of anilines is 1. The van der Waals surface area contributed by atoms with E-state index in [9.17, 15) is 14.3 Å². The van der Waals surface area contributed by atoms with Gasteiger partial charge in [0.1, 0.15) is 34.6 Å². The summed E-state index contributed by atoms with van der Waals surface area (Å²) in [6.45, 7) is 2.19. The number of carboxylic acid groups (broad SMARTS) is 1. The molecule has 0 amide bonds. The van der Waals surface area contributed by atoms with Crippen molar-refractivity contribution in [1.82, 2.24) is 10.1 Å². The second-order valence-electron chi connectivity index (χ2n) is 11.9. The van der Waals surface area contributed by atoms with Crippen molar-refractivity contribution in [2.45, 2.75) is 62.9 Å². The summed E-state index contributed by atoms with van der Waals surface area (Å²) >= 11 is 7.88. The molecule has 4 aromatic rings. The van der Waals surface area contributed by atoms with Crippen LogP contribution in [0.25, 0.3) is 21.5 Å². The van der Waals surface area contributed by atoms with Gasteiger partial charge in [0.2, 0.25) is 0 Å². The van der Waals surface area contributed by atoms with Gasteiger partial charge in [-0.15, -0.1) is 0 Å². The van der Waals surface area contributed by atoms with Gasteiger partial charge in [-0.1, -0.05) is 34.2 Å². The van der Waals surface area contributed by atoms with Crippen molar-refractivity contribution in [3.8, 4) is 17.0 Å². The molecule has 8 rings (SSSR count). The number of nitrogens with zero attached hydrogens (tertiary/aromatic N) is 3. The molecule has 224 valence electrons. The number of ether oxygens (including phenoxy) is 3. The van der Waals surface area contributed by atoms with Crippen molar-refractivity contribution in [3.05, 3.63) is 58.1 Å². The molecule has 0 spiro atoms. The molecule has 2 aromatic heterocycles. The topological polar surface area (TPSA) is 107 Å². The van der Waals surface area contributed by atoms with Gasteiger partial charge >= 0.3 is 5.97 Å². The molecule has 9 nitrogen and oxygen atoms in total. The van der Waals surface area contributed by atoms with E-state index in [4.69, 9.17) is 35.3 Å². The lowest BCUT2D eigenvalue weighted by Crippen LogP contribution is -2.38. The Morgan fingerprint density at radius 3 is 2.84 bits per heavy atom. The number of aromatic nitrogens is 2. The number of carbonyl (C=O) groups is 1. The van der Waals surface area contributed by atoms with E-state index < -0.39 is 11.8 Å². The lowest BCUT2D eigenvalue weighted by Gasteiger charge is -2.31. The highest BCUT2D eigenvalue weighted by molar-refractivity contribution is 7.22. The first-order valence-electron chi connectivity index (χ1n) is 14.7. The van der Waals surface area contributed by atoms with Gasteiger partial charge in [0.15, 0.2) is 5.13 Å². The minimum atomic E-state index is -0.998. The number of fused-ring (bicyclic) bond motifs is 3. The second kappa shape index (κ2) is 10.7. The van der Waals surface area contributed by atoms with E-state index >= 15 is 0 Å². The molecule has 2 saturated carbocycles. The largest absolute Gasteiger partial charge is 0.486 e. The number of hydrogen-bond acceptors (Lipinski definition) is 9. The summed E-state index contributed by atoms with van der Waals surface area (Å²) in [5.41, 5.74) is 2.33. The van der Waals surface area contributed by atoms with Crippen molar-refractivity contribution >= 4 is 44.3 Å². The number of carboxylic acids is 1. The molecule has 4 fully saturated rings. The molecule has 4 heterocycles. The van der Waals surface area contributed by atoms with Crippen molar-refractivity contribution < 1.29 is 33.0 Å². The van der Waals surface area contributed by atoms with Crippen LogP contribution in [0.2, 0.25) is 5.02 Å². The summed E-state index contributed by atoms with van der Waals surface area (Å²) in [6, 6.07) is 8.11. The van der Waals surface area contributed by atoms with Crippen LogP contribution in [0.15, 0.2) is 34.9 Å². The van der Waals surface area contributed by atoms with Crippen molar-refractivity contribution in [2.75, 3.05) is 24.7 Å². The highest BCUT2D eigenvalue weighted by Crippen LogP contribution is 2.48. The van der Waals surface area contributed by atoms with Crippen LogP contribution in [-0.4, -0.2) is 59.2 Å². The lowest BCUT2D eigenvalue weighted by molar-refractivity contribution is 0.0122. The van der Waals surface area contributed by atoms with Gasteiger partial charge in [-0.2, -0.15) is 0 Å². The minimum absolute atomic E-state index is 0.0430. The third-order valence-electron chi connectivity index (χ3n) is 9.01. The zero-order valence-corrected chi connectivity index (χ0v) is 24.7. The Morgan fingerprint density at radius 1 is 1.23 bits per heavy atom. The maximum atomic E-state index is 14.8. The van der Waals surface area contributed by atoms with Crippen LogP contribution in [0, 0.1) is 11.7 Å². The standard InChI is InChI=1S/C31H29ClFN3O6S/c32-21-2-1-3-22(33)26(21)27-20(29(42-35-27)15-4-5-15)14-40-23-11-18-8-17(23)12-36(18)31-34-28-24(41-19-6-7-39-13-19)9-16(30(37)38)10-25(28)43-31/h1-3,9-10,15,17-19,23H,4-8,11-14H2,(H,37,38)/t17-,18-,19-,23+/m0/s1. The van der Waals surface area contributed by atoms with Gasteiger partial charge in [-0.25, -0.2) is 14.2 Å². The molecule has 2 saturated heterocycles. The lowest BCUT2D eigenvalue weighted by atomic mass is 10.0. The van der Waals surface area contributed by atoms with Gasteiger partial charge in [-0.05, 0) is 49.9 Å². The van der Waals surface area contributed by atoms with Gasteiger partial charge < -0.3 is 28.7 Å². The van der Waals surface area contributed by atoms with Crippen molar-refractivity contribution in [3.63, 3.8) is 0 Å². The van der Waals surface area contributed by atoms with Crippen LogP contribution in [0.4, 0.5) is 9.52 Å². The fourth-order valence-electron chi connectivity index (χ4n) is 6.69. The predicted molar refractivity (Wildman–Crippen MR) is 158 cm³/mol. The fraction of sp³-hybridized carbons (Fsp3) is 0.452. The average molecular weight is 626 g/mol. The molecule has 0 radical (unpaired) electrons. The van der Waals surface area contributed by atoms with Crippen LogP contribution in [0.3, 0.4) is 0 Å². The predicted octanol–water partition coefficient (Wildman–Crippen LogP) is 6.67. The number of rotatable bonds is 9. The Morgan fingerprint density at radius 2 is 2.12 bits per heavy atom. The Hall–Kier alpha value is -3.25. The number of halogens is 2. The quantitative estimate of drug-likeness (QED) is 0.218. The molecule has 0 unspecified atom stereocenters. The second-order valence-corrected chi connectivity index (χ2v) is 13.3. The summed E-state index contributed by atoms with van der Waals surface area (Å²) in [5, 5.41) is 15.1. The Kier molecular flexibility index (Phi) is 6.81. The summed E-state index contributed by atoms with van der Waals surface area (Å²) in [4.78, 5) is 19.1. The summed E-state index contributed by atoms with van der Waals surface area (Å²) < 4.78 is 39.4. The summed E-state index contributed by atoms with van der Waals surface area (Å²) in [7, 11) is 0. The third-order valence-corrected chi connectivity index (χ3v) is 10.4. The Balaban J connectivity index is 1.00. The van der Waals surface area contributed by atoms with E-state index in [1.165, 1.54) is 17.4 Å². The van der Waals surface area contributed by atoms with E-state index in [1.54, 1.807) is 24.3 Å². The average Bonchev–Trinajstić information content (AvgIpc) is 3.48. The number of thiazole rings is 1. The van der Waals surface area contributed by atoms with Crippen LogP contribution < -0.4 is 9.64 Å². The first-order chi connectivity index (χ1) is 20.9. The fourth-order valence-corrected chi connectivity index (χ4v) is 8.05. The molecule has 2 aromatic carbocycles. The minimum Gasteiger partial charge on any atom is -0.486 e. The molecular weight excluding hydrogens is 597 g/mol. The van der Waals surface area contributed by atoms with Gasteiger partial charge in [0.25, 0.3) is 0 Å². The number of aromatic carboxylic acids is 1. The molecule has 43 heavy (non-hydrogen) atoms. The molecular formula is C31H29ClFN3O6S. The van der Waals surface area contributed by atoms with E-state index in [0.29, 0.717) is 41.1 Å². The highest BCUT2D eigenvalue weighted by atomic mass is 35.5. The van der Waals surface area contributed by atoms with Crippen LogP contribution >= 0.6 is 22.9 Å². The van der Waals surface area contributed by atoms with E-state index in [2.05, 4.69) is 10.1 Å². The smallest absolute Gasteiger partial charge is 0.335 e. The highest BCUT2D eigenvalue weighted by Gasteiger charge is 2.47. The maximum absolute atomic E-state index is 14.8. The van der Waals surface area contributed by atoms with Crippen LogP contribution in [-0.2, 0) is 16.1 Å². The zero-order chi connectivity index (χ0) is 29.2. The van der Waals surface area contributed by atoms with Gasteiger partial charge in [-0.3, -0.25) is 0 Å². The first-order valence-corrected chi connectivity index (χ1v) is 15.9. The van der Waals surface area contributed by atoms with Crippen molar-refractivity contribution in [1.29, 1.82) is 0 Å². The third kappa shape index (κ3) is 4.96. The van der Waals surface area contributed by atoms with Crippen LogP contribution in [0.5, 0.6) is 5.75 Å². The normalized spacial score (nSPS) is 24.8. The van der Waals surface area contributed by atoms with Crippen molar-refractivity contribution in [2.24, 2.45) is 5.92 Å². The molecule has 2 aliphatic carbocycles. The van der Waals surface area contributed by atoms with E-state index in [-0.39, 0.29) is 41.9 Å². The summed E-state index contributed by atoms with van der Waals surface area (Å²) in [5.74, 6) is 0.430. The Bertz CT molecular complexity index is 1700. The van der Waals surface area contributed by atoms with E-state index in [1.807, 2.05) is 0 Å². The Labute approximate surface area is 255 Å². The molecule has 2 bridgehead atoms. The first kappa shape index (κ1) is 27.3. The maximum Gasteiger partial charge on any atom is 0.335 e. The number of hydrogen-bond donors (Lipinski definition) is 1. The molecule has 2 aliphatic heterocycles. The van der Waals surface area contributed by atoms with E-state index in [0.717, 1.165) is 59.8 Å². The van der Waals surface area contributed by atoms with Gasteiger partial charge in [0, 0.05) is 36.4 Å². The number of piperidine rings is 1. The van der Waals surface area contributed by atoms with Gasteiger partial charge in [0.05, 0.1) is 46.8 Å². The SMILES string of the molecule is O=C(O)c1cc(O[C@H]2CCOC2)c2nc(N3C[C@@H]4C[C@H]3C[C@H]4OCc3c(-c4c(F)cccc4Cl)noc3C3CC3)sc2c1. The monoisotopic (exact) mass is 625 g/mol. The summed E-state index contributed by atoms with van der Waals surface area (Å²) in [6.07, 6.45) is 4.55. The molecule has 12 heteroatoms. The van der Waals surface area contributed by atoms with Crippen LogP contribution in [0.1, 0.15) is 59.7 Å². The molecule has 4 atom stereocenters. The molecule has 4 aliphatic rings. The number of benzene rings is 2. The zero-order valence-electron chi connectivity index (χ0n) is 23.1. The molecule has 1 N–H and O–H groups in total.